The fourth-order valence-corrected chi connectivity index (χ4v) is 5.65. The Morgan fingerprint density at radius 2 is 1.79 bits per heavy atom. The third-order valence-electron chi connectivity index (χ3n) is 5.41. The quantitative estimate of drug-likeness (QED) is 0.433. The highest BCUT2D eigenvalue weighted by Gasteiger charge is 2.29. The van der Waals surface area contributed by atoms with Crippen LogP contribution in [0, 0.1) is 12.8 Å². The number of aromatic nitrogens is 4. The molecule has 3 aromatic heterocycles. The Hall–Kier alpha value is -3.14. The van der Waals surface area contributed by atoms with E-state index in [1.54, 1.807) is 19.1 Å². The van der Waals surface area contributed by atoms with Crippen LogP contribution in [0.5, 0.6) is 0 Å². The molecule has 168 valence electrons. The van der Waals surface area contributed by atoms with Crippen molar-refractivity contribution in [2.75, 3.05) is 19.0 Å². The van der Waals surface area contributed by atoms with E-state index in [-0.39, 0.29) is 32.9 Å². The van der Waals surface area contributed by atoms with Gasteiger partial charge in [-0.1, -0.05) is 41.9 Å². The predicted molar refractivity (Wildman–Crippen MR) is 125 cm³/mol. The second-order valence-corrected chi connectivity index (χ2v) is 10.4. The van der Waals surface area contributed by atoms with Gasteiger partial charge in [0.15, 0.2) is 21.0 Å². The summed E-state index contributed by atoms with van der Waals surface area (Å²) in [6, 6.07) is 12.8. The third-order valence-corrected chi connectivity index (χ3v) is 7.49. The Kier molecular flexibility index (Phi) is 5.48. The molecule has 0 saturated carbocycles. The monoisotopic (exact) mass is 482 g/mol. The predicted octanol–water partition coefficient (Wildman–Crippen LogP) is 3.43. The van der Waals surface area contributed by atoms with Crippen molar-refractivity contribution in [1.29, 1.82) is 0 Å². The Bertz CT molecular complexity index is 1510. The molecular formula is C23H19ClN4O4S. The van der Waals surface area contributed by atoms with Crippen LogP contribution in [-0.4, -0.2) is 47.3 Å². The van der Waals surface area contributed by atoms with Gasteiger partial charge in [0.25, 0.3) is 0 Å². The number of rotatable bonds is 5. The zero-order valence-electron chi connectivity index (χ0n) is 17.6. The van der Waals surface area contributed by atoms with Crippen LogP contribution in [-0.2, 0) is 14.6 Å². The van der Waals surface area contributed by atoms with Gasteiger partial charge in [0.05, 0.1) is 30.4 Å². The van der Waals surface area contributed by atoms with E-state index in [9.17, 15) is 13.2 Å². The summed E-state index contributed by atoms with van der Waals surface area (Å²) >= 11 is 6.18. The van der Waals surface area contributed by atoms with Gasteiger partial charge in [-0.15, -0.1) is 0 Å². The Morgan fingerprint density at radius 1 is 1.06 bits per heavy atom. The highest BCUT2D eigenvalue weighted by atomic mass is 35.5. The summed E-state index contributed by atoms with van der Waals surface area (Å²) in [4.78, 5) is 29.3. The number of aromatic amines is 1. The van der Waals surface area contributed by atoms with Gasteiger partial charge in [-0.05, 0) is 19.1 Å². The summed E-state index contributed by atoms with van der Waals surface area (Å²) in [7, 11) is -3.82. The van der Waals surface area contributed by atoms with E-state index in [1.807, 2.05) is 30.3 Å². The lowest BCUT2D eigenvalue weighted by molar-refractivity contribution is -0.0204. The third kappa shape index (κ3) is 4.15. The maximum atomic E-state index is 13.3. The second-order valence-electron chi connectivity index (χ2n) is 7.97. The lowest BCUT2D eigenvalue weighted by Crippen LogP contribution is -2.35. The van der Waals surface area contributed by atoms with Crippen LogP contribution < -0.4 is 5.43 Å². The molecule has 8 nitrogen and oxygen atoms in total. The number of ether oxygens (including phenoxy) is 1. The van der Waals surface area contributed by atoms with Gasteiger partial charge in [-0.25, -0.2) is 23.4 Å². The smallest absolute Gasteiger partial charge is 0.228 e. The molecule has 0 radical (unpaired) electrons. The highest BCUT2D eigenvalue weighted by molar-refractivity contribution is 7.91. The number of nitrogens with one attached hydrogen (secondary N) is 1. The van der Waals surface area contributed by atoms with E-state index in [0.29, 0.717) is 35.9 Å². The molecule has 1 N–H and O–H groups in total. The molecule has 1 aliphatic heterocycles. The van der Waals surface area contributed by atoms with Gasteiger partial charge in [0.1, 0.15) is 10.0 Å². The molecular weight excluding hydrogens is 464 g/mol. The van der Waals surface area contributed by atoms with Crippen molar-refractivity contribution in [1.82, 2.24) is 19.9 Å². The molecule has 0 amide bonds. The van der Waals surface area contributed by atoms with Crippen molar-refractivity contribution < 1.29 is 13.2 Å². The number of halogens is 1. The van der Waals surface area contributed by atoms with E-state index >= 15 is 0 Å². The van der Waals surface area contributed by atoms with Crippen LogP contribution in [0.4, 0.5) is 0 Å². The molecule has 0 atom stereocenters. The summed E-state index contributed by atoms with van der Waals surface area (Å²) in [6.45, 7) is 2.54. The molecule has 1 aliphatic rings. The van der Waals surface area contributed by atoms with Crippen molar-refractivity contribution in [2.24, 2.45) is 5.92 Å². The molecule has 4 heterocycles. The van der Waals surface area contributed by atoms with Crippen LogP contribution in [0.3, 0.4) is 0 Å². The fourth-order valence-electron chi connectivity index (χ4n) is 3.79. The summed E-state index contributed by atoms with van der Waals surface area (Å²) in [5.41, 5.74) is 2.48. The Balaban J connectivity index is 1.75. The number of fused-ring (bicyclic) bond motifs is 1. The van der Waals surface area contributed by atoms with Gasteiger partial charge in [-0.3, -0.25) is 4.79 Å². The van der Waals surface area contributed by atoms with Crippen LogP contribution in [0.1, 0.15) is 5.69 Å². The summed E-state index contributed by atoms with van der Waals surface area (Å²) < 4.78 is 30.8. The standard InChI is InChI=1S/C23H19ClN4O4S/c1-13-7-16(8-18(24)26-13)20-19(15-5-3-2-4-6-15)28-23-21(27-20)22(29)17(9-25-23)33(30,31)12-14-10-32-11-14/h2-9,14H,10-12H2,1H3,(H,25,28,29). The van der Waals surface area contributed by atoms with Crippen LogP contribution in [0.2, 0.25) is 5.15 Å². The van der Waals surface area contributed by atoms with Gasteiger partial charge in [0.2, 0.25) is 5.43 Å². The molecule has 1 aromatic carbocycles. The molecule has 4 aromatic rings. The first-order valence-corrected chi connectivity index (χ1v) is 12.3. The largest absolute Gasteiger partial charge is 0.381 e. The average molecular weight is 483 g/mol. The minimum atomic E-state index is -3.82. The van der Waals surface area contributed by atoms with Gasteiger partial charge >= 0.3 is 0 Å². The number of hydrogen-bond donors (Lipinski definition) is 1. The number of benzene rings is 1. The second kappa shape index (κ2) is 8.33. The highest BCUT2D eigenvalue weighted by Crippen LogP contribution is 2.31. The van der Waals surface area contributed by atoms with Crippen molar-refractivity contribution in [2.45, 2.75) is 11.8 Å². The van der Waals surface area contributed by atoms with E-state index in [2.05, 4.69) is 19.9 Å². The Morgan fingerprint density at radius 3 is 2.45 bits per heavy atom. The maximum Gasteiger partial charge on any atom is 0.228 e. The summed E-state index contributed by atoms with van der Waals surface area (Å²) in [5.74, 6) is -0.266. The zero-order valence-corrected chi connectivity index (χ0v) is 19.2. The number of pyridine rings is 2. The maximum absolute atomic E-state index is 13.3. The van der Waals surface area contributed by atoms with Crippen molar-refractivity contribution in [3.63, 3.8) is 0 Å². The number of hydrogen-bond acceptors (Lipinski definition) is 7. The van der Waals surface area contributed by atoms with E-state index in [4.69, 9.17) is 16.3 Å². The molecule has 5 rings (SSSR count). The summed E-state index contributed by atoms with van der Waals surface area (Å²) in [5, 5.41) is 0.277. The number of H-pyrrole nitrogens is 1. The topological polar surface area (TPSA) is 115 Å². The molecule has 0 bridgehead atoms. The fraction of sp³-hybridized carbons (Fsp3) is 0.217. The SMILES string of the molecule is Cc1cc(-c2nc3c(=O)c(S(=O)(=O)CC4COC4)c[nH]c3nc2-c2ccccc2)cc(Cl)n1. The summed E-state index contributed by atoms with van der Waals surface area (Å²) in [6.07, 6.45) is 1.20. The number of nitrogens with zero attached hydrogens (tertiary/aromatic N) is 3. The normalized spacial score (nSPS) is 14.4. The molecule has 0 aliphatic carbocycles. The molecule has 1 saturated heterocycles. The van der Waals surface area contributed by atoms with Crippen LogP contribution in [0.25, 0.3) is 33.7 Å². The lowest BCUT2D eigenvalue weighted by atomic mass is 10.0. The van der Waals surface area contributed by atoms with Crippen molar-refractivity contribution in [3.8, 4) is 22.5 Å². The van der Waals surface area contributed by atoms with E-state index in [1.165, 1.54) is 6.20 Å². The lowest BCUT2D eigenvalue weighted by Gasteiger charge is -2.25. The van der Waals surface area contributed by atoms with Crippen molar-refractivity contribution >= 4 is 32.6 Å². The van der Waals surface area contributed by atoms with Crippen LogP contribution in [0.15, 0.2) is 58.4 Å². The molecule has 1 fully saturated rings. The van der Waals surface area contributed by atoms with E-state index < -0.39 is 15.3 Å². The number of sulfone groups is 1. The van der Waals surface area contributed by atoms with Gasteiger partial charge in [-0.2, -0.15) is 0 Å². The first kappa shape index (κ1) is 21.7. The molecule has 0 spiro atoms. The van der Waals surface area contributed by atoms with Gasteiger partial charge in [0, 0.05) is 28.9 Å². The van der Waals surface area contributed by atoms with Crippen LogP contribution >= 0.6 is 11.6 Å². The minimum absolute atomic E-state index is 0.0544. The Labute approximate surface area is 194 Å². The van der Waals surface area contributed by atoms with Crippen molar-refractivity contribution in [3.05, 3.63) is 69.7 Å². The first-order valence-electron chi connectivity index (χ1n) is 10.3. The van der Waals surface area contributed by atoms with E-state index in [0.717, 1.165) is 5.56 Å². The number of aryl methyl sites for hydroxylation is 1. The van der Waals surface area contributed by atoms with Gasteiger partial charge < -0.3 is 9.72 Å². The first-order chi connectivity index (χ1) is 15.8. The molecule has 10 heteroatoms. The molecule has 33 heavy (non-hydrogen) atoms. The zero-order chi connectivity index (χ0) is 23.2. The molecule has 0 unspecified atom stereocenters. The minimum Gasteiger partial charge on any atom is -0.381 e. The average Bonchev–Trinajstić information content (AvgIpc) is 2.76.